The number of hydrogen-bond donors (Lipinski definition) is 1. The molecule has 5 heteroatoms. The Bertz CT molecular complexity index is 517. The number of hydrogen-bond acceptors (Lipinski definition) is 3. The summed E-state index contributed by atoms with van der Waals surface area (Å²) in [6.07, 6.45) is 3.85. The maximum absolute atomic E-state index is 12.6. The molecule has 1 aliphatic heterocycles. The fourth-order valence-electron chi connectivity index (χ4n) is 3.49. The molecule has 1 aromatic carbocycles. The van der Waals surface area contributed by atoms with E-state index in [0.717, 1.165) is 63.4 Å². The zero-order valence-electron chi connectivity index (χ0n) is 12.9. The van der Waals surface area contributed by atoms with Crippen LogP contribution in [0.25, 0.3) is 0 Å². The number of nitrogens with two attached hydrogens (primary N) is 1. The highest BCUT2D eigenvalue weighted by Gasteiger charge is 2.40. The zero-order chi connectivity index (χ0) is 15.6. The molecule has 0 atom stereocenters. The Hall–Kier alpha value is -1.10. The summed E-state index contributed by atoms with van der Waals surface area (Å²) in [4.78, 5) is 16.9. The fourth-order valence-corrected chi connectivity index (χ4v) is 3.62. The van der Waals surface area contributed by atoms with E-state index in [1.165, 1.54) is 5.56 Å². The first kappa shape index (κ1) is 15.8. The lowest BCUT2D eigenvalue weighted by molar-refractivity contribution is -0.138. The third-order valence-electron chi connectivity index (χ3n) is 4.90. The van der Waals surface area contributed by atoms with Crippen LogP contribution < -0.4 is 5.73 Å². The largest absolute Gasteiger partial charge is 0.339 e. The van der Waals surface area contributed by atoms with Crippen molar-refractivity contribution in [3.8, 4) is 0 Å². The van der Waals surface area contributed by atoms with Crippen LogP contribution in [-0.2, 0) is 11.3 Å². The Morgan fingerprint density at radius 1 is 1.09 bits per heavy atom. The second-order valence-corrected chi connectivity index (χ2v) is 6.99. The van der Waals surface area contributed by atoms with Gasteiger partial charge in [0.1, 0.15) is 0 Å². The van der Waals surface area contributed by atoms with Crippen LogP contribution in [-0.4, -0.2) is 47.4 Å². The highest BCUT2D eigenvalue weighted by Crippen LogP contribution is 2.29. The Morgan fingerprint density at radius 2 is 1.68 bits per heavy atom. The van der Waals surface area contributed by atoms with E-state index in [1.807, 2.05) is 17.0 Å². The molecule has 0 radical (unpaired) electrons. The van der Waals surface area contributed by atoms with Crippen molar-refractivity contribution in [1.29, 1.82) is 0 Å². The van der Waals surface area contributed by atoms with Gasteiger partial charge in [0.05, 0.1) is 5.54 Å². The Morgan fingerprint density at radius 3 is 2.27 bits per heavy atom. The highest BCUT2D eigenvalue weighted by molar-refractivity contribution is 6.30. The standard InChI is InChI=1S/C17H24ClN3O/c18-15-5-3-14(4-6-15)13-20-9-11-21(12-10-20)16(22)17(19)7-1-2-8-17/h3-6H,1-2,7-13,19H2. The van der Waals surface area contributed by atoms with Gasteiger partial charge in [-0.05, 0) is 30.5 Å². The second kappa shape index (κ2) is 6.57. The van der Waals surface area contributed by atoms with Gasteiger partial charge < -0.3 is 10.6 Å². The molecule has 1 amide bonds. The fraction of sp³-hybridized carbons (Fsp3) is 0.588. The first-order valence-electron chi connectivity index (χ1n) is 8.12. The number of rotatable bonds is 3. The normalized spacial score (nSPS) is 22.0. The number of carbonyl (C=O) groups excluding carboxylic acids is 1. The Labute approximate surface area is 137 Å². The van der Waals surface area contributed by atoms with Crippen molar-refractivity contribution < 1.29 is 4.79 Å². The predicted molar refractivity (Wildman–Crippen MR) is 88.7 cm³/mol. The molecule has 1 saturated heterocycles. The minimum atomic E-state index is -0.585. The summed E-state index contributed by atoms with van der Waals surface area (Å²) in [7, 11) is 0. The van der Waals surface area contributed by atoms with Crippen molar-refractivity contribution in [2.75, 3.05) is 26.2 Å². The van der Waals surface area contributed by atoms with Crippen LogP contribution in [0.4, 0.5) is 0 Å². The second-order valence-electron chi connectivity index (χ2n) is 6.56. The van der Waals surface area contributed by atoms with Gasteiger partial charge >= 0.3 is 0 Å². The van der Waals surface area contributed by atoms with Gasteiger partial charge in [0.15, 0.2) is 0 Å². The number of halogens is 1. The van der Waals surface area contributed by atoms with E-state index in [4.69, 9.17) is 17.3 Å². The molecule has 2 aliphatic rings. The van der Waals surface area contributed by atoms with E-state index in [2.05, 4.69) is 17.0 Å². The van der Waals surface area contributed by atoms with Gasteiger partial charge in [-0.15, -0.1) is 0 Å². The molecular formula is C17H24ClN3O. The number of amides is 1. The van der Waals surface area contributed by atoms with Crippen LogP contribution in [0, 0.1) is 0 Å². The summed E-state index contributed by atoms with van der Waals surface area (Å²) in [6, 6.07) is 7.98. The molecular weight excluding hydrogens is 298 g/mol. The van der Waals surface area contributed by atoms with Crippen molar-refractivity contribution in [2.45, 2.75) is 37.8 Å². The summed E-state index contributed by atoms with van der Waals surface area (Å²) in [5.41, 5.74) is 6.96. The van der Waals surface area contributed by atoms with E-state index in [0.29, 0.717) is 0 Å². The summed E-state index contributed by atoms with van der Waals surface area (Å²) in [5, 5.41) is 0.768. The highest BCUT2D eigenvalue weighted by atomic mass is 35.5. The molecule has 0 bridgehead atoms. The molecule has 2 N–H and O–H groups in total. The van der Waals surface area contributed by atoms with E-state index >= 15 is 0 Å². The first-order valence-corrected chi connectivity index (χ1v) is 8.50. The minimum Gasteiger partial charge on any atom is -0.339 e. The minimum absolute atomic E-state index is 0.163. The number of carbonyl (C=O) groups is 1. The molecule has 2 fully saturated rings. The lowest BCUT2D eigenvalue weighted by Crippen LogP contribution is -2.58. The molecule has 4 nitrogen and oxygen atoms in total. The molecule has 1 aliphatic carbocycles. The summed E-state index contributed by atoms with van der Waals surface area (Å²) in [5.74, 6) is 0.163. The maximum Gasteiger partial charge on any atom is 0.242 e. The molecule has 3 rings (SSSR count). The third-order valence-corrected chi connectivity index (χ3v) is 5.15. The van der Waals surface area contributed by atoms with Crippen LogP contribution in [0.1, 0.15) is 31.2 Å². The maximum atomic E-state index is 12.6. The van der Waals surface area contributed by atoms with Crippen molar-refractivity contribution in [3.63, 3.8) is 0 Å². The zero-order valence-corrected chi connectivity index (χ0v) is 13.7. The van der Waals surface area contributed by atoms with Crippen LogP contribution in [0.5, 0.6) is 0 Å². The van der Waals surface area contributed by atoms with Crippen molar-refractivity contribution >= 4 is 17.5 Å². The van der Waals surface area contributed by atoms with Crippen LogP contribution >= 0.6 is 11.6 Å². The topological polar surface area (TPSA) is 49.6 Å². The molecule has 120 valence electrons. The van der Waals surface area contributed by atoms with Gasteiger partial charge in [0.25, 0.3) is 0 Å². The number of benzene rings is 1. The summed E-state index contributed by atoms with van der Waals surface area (Å²) < 4.78 is 0. The van der Waals surface area contributed by atoms with E-state index in [-0.39, 0.29) is 5.91 Å². The van der Waals surface area contributed by atoms with Crippen molar-refractivity contribution in [2.24, 2.45) is 5.73 Å². The average Bonchev–Trinajstić information content (AvgIpc) is 2.98. The van der Waals surface area contributed by atoms with Gasteiger partial charge in [0, 0.05) is 37.7 Å². The summed E-state index contributed by atoms with van der Waals surface area (Å²) >= 11 is 5.91. The molecule has 0 aromatic heterocycles. The van der Waals surface area contributed by atoms with Crippen LogP contribution in [0.3, 0.4) is 0 Å². The molecule has 22 heavy (non-hydrogen) atoms. The molecule has 1 aromatic rings. The summed E-state index contributed by atoms with van der Waals surface area (Å²) in [6.45, 7) is 4.29. The quantitative estimate of drug-likeness (QED) is 0.929. The van der Waals surface area contributed by atoms with E-state index in [1.54, 1.807) is 0 Å². The monoisotopic (exact) mass is 321 g/mol. The smallest absolute Gasteiger partial charge is 0.242 e. The average molecular weight is 322 g/mol. The van der Waals surface area contributed by atoms with Crippen molar-refractivity contribution in [3.05, 3.63) is 34.9 Å². The predicted octanol–water partition coefficient (Wildman–Crippen LogP) is 2.26. The first-order chi connectivity index (χ1) is 10.6. The number of piperazine rings is 1. The molecule has 1 saturated carbocycles. The molecule has 1 heterocycles. The molecule has 0 unspecified atom stereocenters. The Kier molecular flexibility index (Phi) is 4.71. The van der Waals surface area contributed by atoms with Gasteiger partial charge in [-0.2, -0.15) is 0 Å². The lowest BCUT2D eigenvalue weighted by atomic mass is 9.97. The van der Waals surface area contributed by atoms with Gasteiger partial charge in [0.2, 0.25) is 5.91 Å². The van der Waals surface area contributed by atoms with Gasteiger partial charge in [-0.1, -0.05) is 36.6 Å². The Balaban J connectivity index is 1.52. The number of nitrogens with zero attached hydrogens (tertiary/aromatic N) is 2. The van der Waals surface area contributed by atoms with Crippen molar-refractivity contribution in [1.82, 2.24) is 9.80 Å². The van der Waals surface area contributed by atoms with Crippen LogP contribution in [0.2, 0.25) is 5.02 Å². The van der Waals surface area contributed by atoms with E-state index in [9.17, 15) is 4.79 Å². The van der Waals surface area contributed by atoms with Gasteiger partial charge in [-0.25, -0.2) is 0 Å². The lowest BCUT2D eigenvalue weighted by Gasteiger charge is -2.38. The third kappa shape index (κ3) is 3.45. The van der Waals surface area contributed by atoms with Crippen LogP contribution in [0.15, 0.2) is 24.3 Å². The van der Waals surface area contributed by atoms with Gasteiger partial charge in [-0.3, -0.25) is 9.69 Å². The van der Waals surface area contributed by atoms with E-state index < -0.39 is 5.54 Å². The molecule has 0 spiro atoms. The SMILES string of the molecule is NC1(C(=O)N2CCN(Cc3ccc(Cl)cc3)CC2)CCCC1.